The highest BCUT2D eigenvalue weighted by Crippen LogP contribution is 2.32. The number of unbranched alkanes of at least 4 members (excludes halogenated alkanes) is 2. The number of rotatable bonds is 39. The van der Waals surface area contributed by atoms with Crippen LogP contribution in [0, 0.1) is 0 Å². The third-order valence-corrected chi connectivity index (χ3v) is 12.2. The summed E-state index contributed by atoms with van der Waals surface area (Å²) in [5.41, 5.74) is 8.62. The monoisotopic (exact) mass is 1090 g/mol. The van der Waals surface area contributed by atoms with E-state index in [1.807, 2.05) is 78.9 Å². The van der Waals surface area contributed by atoms with Crippen molar-refractivity contribution >= 4 is 41.9 Å². The third kappa shape index (κ3) is 22.6. The summed E-state index contributed by atoms with van der Waals surface area (Å²) in [5.74, 6) is 0.907. The molecule has 0 aliphatic rings. The second-order valence-corrected chi connectivity index (χ2v) is 18.1. The van der Waals surface area contributed by atoms with Crippen molar-refractivity contribution in [3.05, 3.63) is 150 Å². The number of nitrogens with zero attached hydrogens (tertiary/aromatic N) is 3. The number of carbonyl (C=O) groups is 3. The van der Waals surface area contributed by atoms with E-state index in [-0.39, 0.29) is 37.7 Å². The number of carbonyl (C=O) groups excluding carboxylic acids is 2. The van der Waals surface area contributed by atoms with E-state index in [1.54, 1.807) is 36.5 Å². The molecule has 2 heterocycles. The molecule has 0 aliphatic heterocycles. The predicted octanol–water partition coefficient (Wildman–Crippen LogP) is 9.87. The molecule has 19 nitrogen and oxygen atoms in total. The molecule has 0 bridgehead atoms. The zero-order valence-corrected chi connectivity index (χ0v) is 44.4. The van der Waals surface area contributed by atoms with Crippen LogP contribution in [0.5, 0.6) is 17.4 Å². The van der Waals surface area contributed by atoms with Crippen LogP contribution >= 0.6 is 12.0 Å². The van der Waals surface area contributed by atoms with Crippen LogP contribution in [-0.4, -0.2) is 117 Å². The zero-order valence-electron chi connectivity index (χ0n) is 43.6. The van der Waals surface area contributed by atoms with Gasteiger partial charge in [-0.3, -0.25) is 19.8 Å². The molecule has 0 aliphatic carbocycles. The molecule has 0 fully saturated rings. The van der Waals surface area contributed by atoms with E-state index in [9.17, 15) is 19.5 Å². The molecule has 78 heavy (non-hydrogen) atoms. The number of aromatic nitrogens is 2. The minimum Gasteiger partial charge on any atom is -0.493 e. The van der Waals surface area contributed by atoms with Gasteiger partial charge in [0.1, 0.15) is 17.3 Å². The summed E-state index contributed by atoms with van der Waals surface area (Å²) in [6, 6.07) is 40.2. The molecule has 2 aromatic heterocycles. The molecule has 5 N–H and O–H groups in total. The minimum absolute atomic E-state index is 0.0739. The number of amides is 2. The molecular weight excluding hydrogens is 1020 g/mol. The van der Waals surface area contributed by atoms with E-state index in [1.165, 1.54) is 6.20 Å². The summed E-state index contributed by atoms with van der Waals surface area (Å²) in [7, 11) is 0. The Kier molecular flexibility index (Phi) is 27.5. The zero-order chi connectivity index (χ0) is 54.7. The molecule has 4 aromatic carbocycles. The lowest BCUT2D eigenvalue weighted by Crippen LogP contribution is -2.25. The first-order valence-electron chi connectivity index (χ1n) is 26.0. The number of aliphatic carboxylic acids is 1. The lowest BCUT2D eigenvalue weighted by Gasteiger charge is -2.16. The van der Waals surface area contributed by atoms with Gasteiger partial charge in [0.2, 0.25) is 11.8 Å². The summed E-state index contributed by atoms with van der Waals surface area (Å²) < 4.78 is 39.7. The summed E-state index contributed by atoms with van der Waals surface area (Å²) in [5, 5.41) is 31.4. The fraction of sp³-hybridized carbons (Fsp3) is 0.345. The lowest BCUT2D eigenvalue weighted by atomic mass is 10.0. The number of hydrogen-bond donors (Lipinski definition) is 5. The van der Waals surface area contributed by atoms with Gasteiger partial charge in [-0.15, -0.1) is 4.33 Å². The van der Waals surface area contributed by atoms with Gasteiger partial charge in [0.15, 0.2) is 0 Å². The molecule has 20 heteroatoms. The number of benzene rings is 4. The Hall–Kier alpha value is -7.43. The number of anilines is 1. The number of nitrogens with one attached hydrogen (secondary N) is 3. The maximum Gasteiger partial charge on any atom is 0.303 e. The van der Waals surface area contributed by atoms with Crippen LogP contribution < -0.4 is 30.3 Å². The average molecular weight is 1090 g/mol. The van der Waals surface area contributed by atoms with Crippen molar-refractivity contribution in [1.29, 1.82) is 0 Å². The molecule has 0 unspecified atom stereocenters. The van der Waals surface area contributed by atoms with Gasteiger partial charge < -0.3 is 44.2 Å². The van der Waals surface area contributed by atoms with Crippen molar-refractivity contribution in [1.82, 2.24) is 20.6 Å². The molecular formula is C58H68N6O13S. The first kappa shape index (κ1) is 59.8. The first-order chi connectivity index (χ1) is 38.4. The minimum atomic E-state index is -0.914. The summed E-state index contributed by atoms with van der Waals surface area (Å²) in [4.78, 5) is 46.3. The van der Waals surface area contributed by atoms with Crippen molar-refractivity contribution < 1.29 is 62.5 Å². The molecule has 6 rings (SSSR count). The highest BCUT2D eigenvalue weighted by Gasteiger charge is 2.15. The SMILES string of the molecule is O=C(O)CCc1c(OCCCCCOc2cc(-c3ccccc3)cc(-c3ccccc3)n2)cccc1OCCCC(=O)NCCCOCCOCCOCCCNC(=O)c1ccc(N/N=C/c2ccccc2SOOO)nc1. The van der Waals surface area contributed by atoms with Gasteiger partial charge in [-0.2, -0.15) is 5.10 Å². The lowest BCUT2D eigenvalue weighted by molar-refractivity contribution is -0.432. The van der Waals surface area contributed by atoms with Gasteiger partial charge in [0.25, 0.3) is 5.91 Å². The number of ether oxygens (including phenoxy) is 6. The third-order valence-electron chi connectivity index (χ3n) is 11.5. The quantitative estimate of drug-likeness (QED) is 0.00793. The number of pyridine rings is 2. The van der Waals surface area contributed by atoms with E-state index in [0.717, 1.165) is 59.3 Å². The Bertz CT molecular complexity index is 2670. The van der Waals surface area contributed by atoms with Gasteiger partial charge >= 0.3 is 5.97 Å². The number of hydrazone groups is 1. The van der Waals surface area contributed by atoms with Crippen molar-refractivity contribution in [2.24, 2.45) is 5.10 Å². The van der Waals surface area contributed by atoms with E-state index >= 15 is 0 Å². The van der Waals surface area contributed by atoms with Crippen molar-refractivity contribution in [2.75, 3.05) is 78.0 Å². The Balaban J connectivity index is 0.750. The van der Waals surface area contributed by atoms with Crippen molar-refractivity contribution in [3.8, 4) is 39.8 Å². The molecule has 2 amide bonds. The van der Waals surface area contributed by atoms with Crippen LogP contribution in [0.1, 0.15) is 72.9 Å². The van der Waals surface area contributed by atoms with Gasteiger partial charge in [-0.05, 0) is 92.5 Å². The maximum absolute atomic E-state index is 12.5. The summed E-state index contributed by atoms with van der Waals surface area (Å²) >= 11 is 0.830. The van der Waals surface area contributed by atoms with Crippen LogP contribution in [0.25, 0.3) is 22.4 Å². The van der Waals surface area contributed by atoms with Crippen LogP contribution in [0.3, 0.4) is 0 Å². The standard InChI is InChI=1S/C58H68N6O13S/c65-55(59-29-14-31-70-36-38-72-39-37-71-32-15-30-60-58(68)47-25-27-54(61-42-47)64-62-43-46-20-8-9-23-53(46)78-77-76-69)24-13-35-74-52-22-12-21-51(49(52)26-28-57(66)67)73-33-10-3-11-34-75-56-41-48(44-16-4-1-5-17-44)40-50(63-56)45-18-6-2-7-19-45/h1-2,4-9,12,16-23,25,27,40-43,69H,3,10-11,13-15,24,26,28-39H2,(H,59,65)(H,60,68)(H,61,64)(H,66,67)/b62-43+. The largest absolute Gasteiger partial charge is 0.493 e. The highest BCUT2D eigenvalue weighted by molar-refractivity contribution is 7.94. The molecule has 414 valence electrons. The Morgan fingerprint density at radius 3 is 1.92 bits per heavy atom. The van der Waals surface area contributed by atoms with Crippen molar-refractivity contribution in [2.45, 2.75) is 62.7 Å². The van der Waals surface area contributed by atoms with Crippen LogP contribution in [0.15, 0.2) is 144 Å². The molecule has 6 aromatic rings. The topological polar surface area (TPSA) is 240 Å². The fourth-order valence-corrected chi connectivity index (χ4v) is 8.02. The van der Waals surface area contributed by atoms with E-state index < -0.39 is 5.97 Å². The Morgan fingerprint density at radius 2 is 1.24 bits per heavy atom. The summed E-state index contributed by atoms with van der Waals surface area (Å²) in [6.45, 7) is 4.72. The van der Waals surface area contributed by atoms with Crippen LogP contribution in [0.2, 0.25) is 0 Å². The molecule has 0 atom stereocenters. The normalized spacial score (nSPS) is 11.1. The molecule has 0 spiro atoms. The maximum atomic E-state index is 12.5. The van der Waals surface area contributed by atoms with Gasteiger partial charge in [0, 0.05) is 73.0 Å². The van der Waals surface area contributed by atoms with Gasteiger partial charge in [-0.1, -0.05) is 90.0 Å². The number of carboxylic acid groups (broad SMARTS) is 1. The van der Waals surface area contributed by atoms with Gasteiger partial charge in [-0.25, -0.2) is 15.2 Å². The van der Waals surface area contributed by atoms with Gasteiger partial charge in [0.05, 0.1) is 75.8 Å². The average Bonchev–Trinajstić information content (AvgIpc) is 3.47. The predicted molar refractivity (Wildman–Crippen MR) is 297 cm³/mol. The van der Waals surface area contributed by atoms with E-state index in [2.05, 4.69) is 53.7 Å². The van der Waals surface area contributed by atoms with Crippen LogP contribution in [-0.2, 0) is 39.6 Å². The fourth-order valence-electron chi connectivity index (χ4n) is 7.57. The highest BCUT2D eigenvalue weighted by atomic mass is 32.2. The number of carboxylic acids is 1. The molecule has 0 saturated heterocycles. The summed E-state index contributed by atoms with van der Waals surface area (Å²) in [6.07, 6.45) is 7.66. The Morgan fingerprint density at radius 1 is 0.603 bits per heavy atom. The Labute approximate surface area is 459 Å². The smallest absolute Gasteiger partial charge is 0.303 e. The first-order valence-corrected chi connectivity index (χ1v) is 26.7. The molecule has 0 radical (unpaired) electrons. The second kappa shape index (κ2) is 35.8. The van der Waals surface area contributed by atoms with Crippen LogP contribution in [0.4, 0.5) is 5.82 Å². The van der Waals surface area contributed by atoms with E-state index in [4.69, 9.17) is 38.7 Å². The number of hydrogen-bond acceptors (Lipinski definition) is 17. The van der Waals surface area contributed by atoms with Crippen molar-refractivity contribution in [3.63, 3.8) is 0 Å². The van der Waals surface area contributed by atoms with E-state index in [0.29, 0.717) is 124 Å². The second-order valence-electron chi connectivity index (χ2n) is 17.4. The molecule has 0 saturated carbocycles.